The van der Waals surface area contributed by atoms with Gasteiger partial charge in [-0.2, -0.15) is 18.3 Å². The highest BCUT2D eigenvalue weighted by Gasteiger charge is 2.42. The third-order valence-corrected chi connectivity index (χ3v) is 5.81. The van der Waals surface area contributed by atoms with Gasteiger partial charge < -0.3 is 25.2 Å². The lowest BCUT2D eigenvalue weighted by molar-refractivity contribution is -0.176. The van der Waals surface area contributed by atoms with Gasteiger partial charge in [0.15, 0.2) is 5.82 Å². The summed E-state index contributed by atoms with van der Waals surface area (Å²) < 4.78 is 45.3. The summed E-state index contributed by atoms with van der Waals surface area (Å²) in [5, 5.41) is 25.9. The van der Waals surface area contributed by atoms with Crippen LogP contribution in [0.4, 0.5) is 24.8 Å². The molecule has 0 bridgehead atoms. The first kappa shape index (κ1) is 28.5. The first-order chi connectivity index (χ1) is 18.0. The molecule has 11 nitrogen and oxygen atoms in total. The van der Waals surface area contributed by atoms with E-state index in [2.05, 4.69) is 20.5 Å². The Labute approximate surface area is 215 Å². The molecular formula is C24H26F3N5O6. The zero-order chi connectivity index (χ0) is 27.7. The van der Waals surface area contributed by atoms with Gasteiger partial charge >= 0.3 is 18.1 Å². The molecule has 2 aliphatic rings. The zero-order valence-corrected chi connectivity index (χ0v) is 20.1. The summed E-state index contributed by atoms with van der Waals surface area (Å²) in [5.41, 5.74) is 1.85. The molecule has 38 heavy (non-hydrogen) atoms. The molecule has 14 heteroatoms. The molecule has 0 unspecified atom stereocenters. The number of hydrogen-bond donors (Lipinski definition) is 3. The Morgan fingerprint density at radius 3 is 2.47 bits per heavy atom. The first-order valence-electron chi connectivity index (χ1n) is 11.7. The monoisotopic (exact) mass is 537 g/mol. The maximum atomic E-state index is 13.3. The van der Waals surface area contributed by atoms with Crippen molar-refractivity contribution in [3.8, 4) is 0 Å². The van der Waals surface area contributed by atoms with Gasteiger partial charge in [0.25, 0.3) is 5.91 Å². The van der Waals surface area contributed by atoms with Crippen molar-refractivity contribution in [3.63, 3.8) is 0 Å². The summed E-state index contributed by atoms with van der Waals surface area (Å²) in [5.74, 6) is -3.60. The zero-order valence-electron chi connectivity index (χ0n) is 20.1. The van der Waals surface area contributed by atoms with Gasteiger partial charge in [0.05, 0.1) is 19.1 Å². The Kier molecular flexibility index (Phi) is 9.71. The quantitative estimate of drug-likeness (QED) is 0.485. The van der Waals surface area contributed by atoms with Crippen LogP contribution in [0.1, 0.15) is 34.5 Å². The summed E-state index contributed by atoms with van der Waals surface area (Å²) in [7, 11) is 0. The van der Waals surface area contributed by atoms with Crippen molar-refractivity contribution >= 4 is 29.5 Å². The summed E-state index contributed by atoms with van der Waals surface area (Å²) in [6, 6.07) is 4.86. The number of alkyl halides is 3. The smallest absolute Gasteiger partial charge is 0.393 e. The lowest BCUT2D eigenvalue weighted by Crippen LogP contribution is -2.42. The van der Waals surface area contributed by atoms with Gasteiger partial charge in [0, 0.05) is 49.1 Å². The van der Waals surface area contributed by atoms with E-state index in [9.17, 15) is 27.6 Å². The number of amides is 1. The van der Waals surface area contributed by atoms with E-state index in [1.165, 1.54) is 6.20 Å². The second kappa shape index (κ2) is 12.9. The van der Waals surface area contributed by atoms with Crippen LogP contribution < -0.4 is 10.2 Å². The number of piperidine rings is 1. The molecule has 0 spiro atoms. The fourth-order valence-corrected chi connectivity index (χ4v) is 4.05. The standard InChI is InChI=1S/C20H22F3N5O2.C4H4O4/c21-20(22,23)13-3-2-8-28(12-13)18-11-15(14-5-9-30-10-6-16(14)25-18)19(29)26-17-4-1-7-24-27-17;5-3(6)1-2-4(7)8/h1,4,7,11,13H,2-3,5-6,8-10,12H2,(H,26,27,29);1-2H,(H,5,6)(H,7,8)/t13-;/m1./s1. The van der Waals surface area contributed by atoms with E-state index in [0.717, 1.165) is 5.56 Å². The predicted molar refractivity (Wildman–Crippen MR) is 128 cm³/mol. The van der Waals surface area contributed by atoms with E-state index < -0.39 is 24.0 Å². The molecule has 0 aromatic carbocycles. The average Bonchev–Trinajstić information content (AvgIpc) is 3.13. The molecule has 2 aromatic rings. The fourth-order valence-electron chi connectivity index (χ4n) is 4.05. The van der Waals surface area contributed by atoms with Crippen LogP contribution >= 0.6 is 0 Å². The lowest BCUT2D eigenvalue weighted by Gasteiger charge is -2.35. The molecule has 4 rings (SSSR count). The molecule has 4 heterocycles. The van der Waals surface area contributed by atoms with Gasteiger partial charge in [-0.25, -0.2) is 14.6 Å². The summed E-state index contributed by atoms with van der Waals surface area (Å²) >= 11 is 0. The Morgan fingerprint density at radius 2 is 1.84 bits per heavy atom. The van der Waals surface area contributed by atoms with Crippen LogP contribution in [0.5, 0.6) is 0 Å². The normalized spacial score (nSPS) is 17.6. The van der Waals surface area contributed by atoms with Crippen LogP contribution in [-0.2, 0) is 27.2 Å². The van der Waals surface area contributed by atoms with Crippen molar-refractivity contribution in [2.75, 3.05) is 36.5 Å². The number of nitrogens with one attached hydrogen (secondary N) is 1. The van der Waals surface area contributed by atoms with Crippen molar-refractivity contribution in [1.82, 2.24) is 15.2 Å². The number of aromatic nitrogens is 3. The molecule has 0 aliphatic carbocycles. The number of halogens is 3. The molecule has 3 N–H and O–H groups in total. The Balaban J connectivity index is 0.000000436. The SMILES string of the molecule is O=C(Nc1cccnn1)c1cc(N2CCC[C@@H](C(F)(F)F)C2)nc2c1CCOCC2.O=C(O)C=CC(=O)O. The number of aliphatic carboxylic acids is 2. The second-order valence-corrected chi connectivity index (χ2v) is 8.47. The van der Waals surface area contributed by atoms with Crippen molar-refractivity contribution in [2.24, 2.45) is 5.92 Å². The van der Waals surface area contributed by atoms with Gasteiger partial charge in [-0.1, -0.05) is 0 Å². The number of ether oxygens (including phenoxy) is 1. The molecule has 1 amide bonds. The highest BCUT2D eigenvalue weighted by molar-refractivity contribution is 6.05. The van der Waals surface area contributed by atoms with Crippen LogP contribution in [0.2, 0.25) is 0 Å². The van der Waals surface area contributed by atoms with Crippen molar-refractivity contribution < 1.29 is 42.5 Å². The van der Waals surface area contributed by atoms with Crippen LogP contribution in [0, 0.1) is 5.92 Å². The lowest BCUT2D eigenvalue weighted by atomic mass is 9.96. The minimum Gasteiger partial charge on any atom is -0.478 e. The number of carboxylic acids is 2. The van der Waals surface area contributed by atoms with E-state index in [-0.39, 0.29) is 18.9 Å². The predicted octanol–water partition coefficient (Wildman–Crippen LogP) is 2.73. The van der Waals surface area contributed by atoms with Gasteiger partial charge in [0.2, 0.25) is 0 Å². The average molecular weight is 537 g/mol. The van der Waals surface area contributed by atoms with Crippen LogP contribution in [0.3, 0.4) is 0 Å². The molecule has 1 atom stereocenters. The Bertz CT molecular complexity index is 1160. The largest absolute Gasteiger partial charge is 0.478 e. The fraction of sp³-hybridized carbons (Fsp3) is 0.417. The first-order valence-corrected chi connectivity index (χ1v) is 11.7. The third kappa shape index (κ3) is 8.23. The molecule has 1 fully saturated rings. The molecule has 0 saturated carbocycles. The number of carboxylic acid groups (broad SMARTS) is 2. The number of carbonyl (C=O) groups excluding carboxylic acids is 1. The number of fused-ring (bicyclic) bond motifs is 1. The van der Waals surface area contributed by atoms with Gasteiger partial charge in [-0.05, 0) is 43.0 Å². The Hall–Kier alpha value is -4.07. The summed E-state index contributed by atoms with van der Waals surface area (Å²) in [4.78, 5) is 38.4. The molecule has 2 aromatic heterocycles. The van der Waals surface area contributed by atoms with Crippen LogP contribution in [0.15, 0.2) is 36.5 Å². The molecule has 204 valence electrons. The van der Waals surface area contributed by atoms with E-state index in [4.69, 9.17) is 14.9 Å². The van der Waals surface area contributed by atoms with E-state index >= 15 is 0 Å². The van der Waals surface area contributed by atoms with E-state index in [0.29, 0.717) is 74.1 Å². The number of pyridine rings is 1. The van der Waals surface area contributed by atoms with Crippen LogP contribution in [0.25, 0.3) is 0 Å². The molecule has 1 saturated heterocycles. The summed E-state index contributed by atoms with van der Waals surface area (Å²) in [6.07, 6.45) is -0.0832. The molecular weight excluding hydrogens is 511 g/mol. The number of rotatable bonds is 5. The minimum atomic E-state index is -4.25. The van der Waals surface area contributed by atoms with Gasteiger partial charge in [-0.3, -0.25) is 4.79 Å². The minimum absolute atomic E-state index is 0.110. The maximum absolute atomic E-state index is 13.3. The van der Waals surface area contributed by atoms with E-state index in [1.54, 1.807) is 23.1 Å². The van der Waals surface area contributed by atoms with Crippen molar-refractivity contribution in [3.05, 3.63) is 53.4 Å². The Morgan fingerprint density at radius 1 is 1.13 bits per heavy atom. The third-order valence-electron chi connectivity index (χ3n) is 5.81. The highest BCUT2D eigenvalue weighted by atomic mass is 19.4. The maximum Gasteiger partial charge on any atom is 0.393 e. The van der Waals surface area contributed by atoms with Crippen molar-refractivity contribution in [1.29, 1.82) is 0 Å². The van der Waals surface area contributed by atoms with Crippen molar-refractivity contribution in [2.45, 2.75) is 31.9 Å². The number of anilines is 2. The topological polar surface area (TPSA) is 155 Å². The number of hydrogen-bond acceptors (Lipinski definition) is 8. The number of nitrogens with zero attached hydrogens (tertiary/aromatic N) is 4. The number of carbonyl (C=O) groups is 3. The van der Waals surface area contributed by atoms with E-state index in [1.807, 2.05) is 0 Å². The highest BCUT2D eigenvalue weighted by Crippen LogP contribution is 2.35. The van der Waals surface area contributed by atoms with Gasteiger partial charge in [-0.15, -0.1) is 5.10 Å². The van der Waals surface area contributed by atoms with Gasteiger partial charge in [0.1, 0.15) is 5.82 Å². The summed E-state index contributed by atoms with van der Waals surface area (Å²) in [6.45, 7) is 1.23. The van der Waals surface area contributed by atoms with Crippen LogP contribution in [-0.4, -0.2) is 75.7 Å². The molecule has 0 radical (unpaired) electrons. The molecule has 2 aliphatic heterocycles. The second-order valence-electron chi connectivity index (χ2n) is 8.47.